The lowest BCUT2D eigenvalue weighted by molar-refractivity contribution is -0.127. The van der Waals surface area contributed by atoms with Gasteiger partial charge in [0.2, 0.25) is 5.75 Å². The first kappa shape index (κ1) is 22.4. The van der Waals surface area contributed by atoms with E-state index in [9.17, 15) is 4.79 Å². The van der Waals surface area contributed by atoms with E-state index in [4.69, 9.17) is 18.9 Å². The van der Waals surface area contributed by atoms with E-state index in [2.05, 4.69) is 26.1 Å². The number of hydrogen-bond donors (Lipinski definition) is 1. The van der Waals surface area contributed by atoms with Crippen molar-refractivity contribution in [3.05, 3.63) is 47.5 Å². The second kappa shape index (κ2) is 9.54. The minimum Gasteiger partial charge on any atom is -0.493 e. The molecule has 1 unspecified atom stereocenters. The summed E-state index contributed by atoms with van der Waals surface area (Å²) in [5, 5.41) is 2.88. The lowest BCUT2D eigenvalue weighted by Crippen LogP contribution is -2.36. The molecule has 6 heteroatoms. The van der Waals surface area contributed by atoms with Gasteiger partial charge in [0, 0.05) is 12.1 Å². The summed E-state index contributed by atoms with van der Waals surface area (Å²) >= 11 is 0. The average molecular weight is 402 g/mol. The Labute approximate surface area is 173 Å². The third kappa shape index (κ3) is 5.56. The summed E-state index contributed by atoms with van der Waals surface area (Å²) in [6, 6.07) is 11.4. The van der Waals surface area contributed by atoms with Crippen molar-refractivity contribution in [3.8, 4) is 23.0 Å². The van der Waals surface area contributed by atoms with Gasteiger partial charge >= 0.3 is 0 Å². The molecule has 0 saturated carbocycles. The highest BCUT2D eigenvalue weighted by Gasteiger charge is 2.19. The maximum Gasteiger partial charge on any atom is 0.261 e. The number of nitrogens with one attached hydrogen (secondary N) is 1. The smallest absolute Gasteiger partial charge is 0.261 e. The van der Waals surface area contributed by atoms with Crippen molar-refractivity contribution in [1.82, 2.24) is 5.32 Å². The molecule has 0 aromatic heterocycles. The number of hydrogen-bond acceptors (Lipinski definition) is 5. The molecule has 0 bridgehead atoms. The van der Waals surface area contributed by atoms with Gasteiger partial charge in [-0.1, -0.05) is 32.9 Å². The molecule has 0 aliphatic heterocycles. The zero-order valence-electron chi connectivity index (χ0n) is 18.3. The van der Waals surface area contributed by atoms with Crippen LogP contribution in [0, 0.1) is 0 Å². The van der Waals surface area contributed by atoms with Gasteiger partial charge in [0.1, 0.15) is 5.75 Å². The predicted octanol–water partition coefficient (Wildman–Crippen LogP) is 4.09. The summed E-state index contributed by atoms with van der Waals surface area (Å²) < 4.78 is 21.9. The molecule has 29 heavy (non-hydrogen) atoms. The number of methoxy groups -OCH3 is 3. The Bertz CT molecular complexity index is 824. The van der Waals surface area contributed by atoms with Crippen LogP contribution in [0.25, 0.3) is 0 Å². The molecule has 0 radical (unpaired) electrons. The third-order valence-electron chi connectivity index (χ3n) is 4.64. The van der Waals surface area contributed by atoms with Crippen LogP contribution in [0.15, 0.2) is 36.4 Å². The van der Waals surface area contributed by atoms with Gasteiger partial charge in [-0.3, -0.25) is 4.79 Å². The predicted molar refractivity (Wildman–Crippen MR) is 113 cm³/mol. The lowest BCUT2D eigenvalue weighted by atomic mass is 9.87. The maximum atomic E-state index is 12.5. The first-order chi connectivity index (χ1) is 13.7. The van der Waals surface area contributed by atoms with E-state index in [0.29, 0.717) is 23.0 Å². The fourth-order valence-electron chi connectivity index (χ4n) is 2.92. The van der Waals surface area contributed by atoms with E-state index in [0.717, 1.165) is 5.56 Å². The van der Waals surface area contributed by atoms with E-state index >= 15 is 0 Å². The Kier molecular flexibility index (Phi) is 7.37. The molecular weight excluding hydrogens is 370 g/mol. The average Bonchev–Trinajstić information content (AvgIpc) is 2.70. The van der Waals surface area contributed by atoms with E-state index in [-0.39, 0.29) is 17.9 Å². The number of benzene rings is 2. The van der Waals surface area contributed by atoms with Crippen molar-refractivity contribution < 1.29 is 23.7 Å². The molecule has 2 rings (SSSR count). The van der Waals surface area contributed by atoms with Crippen molar-refractivity contribution in [2.75, 3.05) is 21.3 Å². The first-order valence-electron chi connectivity index (χ1n) is 9.54. The molecule has 1 N–H and O–H groups in total. The van der Waals surface area contributed by atoms with Gasteiger partial charge in [0.15, 0.2) is 17.6 Å². The number of rotatable bonds is 8. The Hall–Kier alpha value is -2.89. The van der Waals surface area contributed by atoms with Crippen LogP contribution in [0.3, 0.4) is 0 Å². The van der Waals surface area contributed by atoms with Crippen LogP contribution >= 0.6 is 0 Å². The van der Waals surface area contributed by atoms with Crippen molar-refractivity contribution >= 4 is 5.91 Å². The number of carbonyl (C=O) groups is 1. The van der Waals surface area contributed by atoms with E-state index in [1.54, 1.807) is 34.3 Å². The summed E-state index contributed by atoms with van der Waals surface area (Å²) in [7, 11) is 4.66. The monoisotopic (exact) mass is 401 g/mol. The van der Waals surface area contributed by atoms with Crippen molar-refractivity contribution in [2.24, 2.45) is 0 Å². The summed E-state index contributed by atoms with van der Waals surface area (Å²) in [5.74, 6) is 2.02. The van der Waals surface area contributed by atoms with Crippen molar-refractivity contribution in [2.45, 2.75) is 45.8 Å². The topological polar surface area (TPSA) is 66.0 Å². The Balaban J connectivity index is 2.02. The molecule has 2 aromatic rings. The second-order valence-electron chi connectivity index (χ2n) is 7.75. The molecule has 0 heterocycles. The molecule has 2 aromatic carbocycles. The zero-order chi connectivity index (χ0) is 21.6. The summed E-state index contributed by atoms with van der Waals surface area (Å²) in [4.78, 5) is 12.5. The second-order valence-corrected chi connectivity index (χ2v) is 7.75. The fraction of sp³-hybridized carbons (Fsp3) is 0.435. The Morgan fingerprint density at radius 1 is 0.931 bits per heavy atom. The lowest BCUT2D eigenvalue weighted by Gasteiger charge is -2.20. The Morgan fingerprint density at radius 3 is 2.07 bits per heavy atom. The van der Waals surface area contributed by atoms with Gasteiger partial charge in [0.05, 0.1) is 21.3 Å². The molecular formula is C23H31NO5. The largest absolute Gasteiger partial charge is 0.493 e. The molecule has 6 nitrogen and oxygen atoms in total. The van der Waals surface area contributed by atoms with Crippen LogP contribution in [0.1, 0.15) is 38.8 Å². The molecule has 0 spiro atoms. The van der Waals surface area contributed by atoms with E-state index in [1.165, 1.54) is 5.56 Å². The van der Waals surface area contributed by atoms with Crippen molar-refractivity contribution in [1.29, 1.82) is 0 Å². The normalized spacial score (nSPS) is 12.1. The first-order valence-corrected chi connectivity index (χ1v) is 9.54. The van der Waals surface area contributed by atoms with Gasteiger partial charge in [-0.15, -0.1) is 0 Å². The molecule has 0 fully saturated rings. The molecule has 1 atom stereocenters. The highest BCUT2D eigenvalue weighted by atomic mass is 16.5. The highest BCUT2D eigenvalue weighted by molar-refractivity contribution is 5.80. The highest BCUT2D eigenvalue weighted by Crippen LogP contribution is 2.39. The third-order valence-corrected chi connectivity index (χ3v) is 4.64. The van der Waals surface area contributed by atoms with E-state index < -0.39 is 6.10 Å². The minimum absolute atomic E-state index is 0.0694. The molecule has 0 saturated heterocycles. The number of amides is 1. The number of ether oxygens (including phenoxy) is 4. The SMILES string of the molecule is COc1ccc(CNC(=O)C(C)Oc2ccc(C(C)(C)C)cc2)c(OC)c1OC. The molecule has 0 aliphatic rings. The van der Waals surface area contributed by atoms with Gasteiger partial charge < -0.3 is 24.3 Å². The van der Waals surface area contributed by atoms with Crippen LogP contribution in [-0.2, 0) is 16.8 Å². The van der Waals surface area contributed by atoms with Gasteiger partial charge in [-0.2, -0.15) is 0 Å². The van der Waals surface area contributed by atoms with Crippen LogP contribution in [0.4, 0.5) is 0 Å². The van der Waals surface area contributed by atoms with E-state index in [1.807, 2.05) is 30.3 Å². The van der Waals surface area contributed by atoms with Crippen molar-refractivity contribution in [3.63, 3.8) is 0 Å². The standard InChI is InChI=1S/C23H31NO5/c1-15(29-18-11-9-17(10-12-18)23(2,3)4)22(25)24-14-16-8-13-19(26-5)21(28-7)20(16)27-6/h8-13,15H,14H2,1-7H3,(H,24,25). The van der Waals surface area contributed by atoms with Gasteiger partial charge in [0.25, 0.3) is 5.91 Å². The van der Waals surface area contributed by atoms with Crippen LogP contribution in [0.5, 0.6) is 23.0 Å². The van der Waals surface area contributed by atoms with Gasteiger partial charge in [-0.05, 0) is 42.2 Å². The summed E-state index contributed by atoms with van der Waals surface area (Å²) in [6.07, 6.45) is -0.637. The summed E-state index contributed by atoms with van der Waals surface area (Å²) in [6.45, 7) is 8.46. The number of carbonyl (C=O) groups excluding carboxylic acids is 1. The fourth-order valence-corrected chi connectivity index (χ4v) is 2.92. The quantitative estimate of drug-likeness (QED) is 0.722. The van der Waals surface area contributed by atoms with Crippen LogP contribution in [-0.4, -0.2) is 33.3 Å². The summed E-state index contributed by atoms with van der Waals surface area (Å²) in [5.41, 5.74) is 2.06. The zero-order valence-corrected chi connectivity index (χ0v) is 18.3. The van der Waals surface area contributed by atoms with Crippen LogP contribution < -0.4 is 24.3 Å². The van der Waals surface area contributed by atoms with Crippen LogP contribution in [0.2, 0.25) is 0 Å². The molecule has 1 amide bonds. The molecule has 158 valence electrons. The van der Waals surface area contributed by atoms with Gasteiger partial charge in [-0.25, -0.2) is 0 Å². The minimum atomic E-state index is -0.637. The maximum absolute atomic E-state index is 12.5. The Morgan fingerprint density at radius 2 is 1.55 bits per heavy atom. The molecule has 0 aliphatic carbocycles.